The SMILES string of the molecule is Cc1nn(Cc2ccc(C(=O)N/N=C3/C[C@@H]4CC[C@]3(C)C4(C)C)cc2)c(C)c1[N+](=O)[O-]. The minimum Gasteiger partial charge on any atom is -0.267 e. The van der Waals surface area contributed by atoms with E-state index in [1.165, 1.54) is 6.42 Å². The van der Waals surface area contributed by atoms with Crippen molar-refractivity contribution in [1.82, 2.24) is 15.2 Å². The Kier molecular flexibility index (Phi) is 4.98. The normalized spacial score (nSPS) is 25.2. The van der Waals surface area contributed by atoms with Gasteiger partial charge < -0.3 is 0 Å². The second kappa shape index (κ2) is 7.28. The second-order valence-corrected chi connectivity index (χ2v) is 9.62. The average molecular weight is 424 g/mol. The standard InChI is InChI=1S/C23H29N5O3/c1-14-20(28(30)31)15(2)27(26-14)13-16-6-8-17(9-7-16)21(29)25-24-19-12-18-10-11-23(19,5)22(18,3)4/h6-9,18H,10-13H2,1-5H3,(H,25,29)/b24-19-/t18-,23-/m0/s1. The second-order valence-electron chi connectivity index (χ2n) is 9.62. The third kappa shape index (κ3) is 3.34. The Balaban J connectivity index is 1.44. The highest BCUT2D eigenvalue weighted by Gasteiger charge is 2.60. The molecule has 31 heavy (non-hydrogen) atoms. The van der Waals surface area contributed by atoms with Crippen molar-refractivity contribution in [3.05, 3.63) is 56.9 Å². The molecule has 1 aromatic heterocycles. The summed E-state index contributed by atoms with van der Waals surface area (Å²) < 4.78 is 1.62. The maximum Gasteiger partial charge on any atom is 0.312 e. The van der Waals surface area contributed by atoms with Gasteiger partial charge in [0.15, 0.2) is 0 Å². The van der Waals surface area contributed by atoms with Crippen LogP contribution < -0.4 is 5.43 Å². The number of hydrazone groups is 1. The highest BCUT2D eigenvalue weighted by molar-refractivity contribution is 5.98. The maximum absolute atomic E-state index is 12.6. The highest BCUT2D eigenvalue weighted by atomic mass is 16.6. The lowest BCUT2D eigenvalue weighted by Gasteiger charge is -2.34. The number of amides is 1. The molecule has 1 heterocycles. The Morgan fingerprint density at radius 3 is 2.48 bits per heavy atom. The fourth-order valence-electron chi connectivity index (χ4n) is 5.32. The summed E-state index contributed by atoms with van der Waals surface area (Å²) in [6, 6.07) is 7.17. The lowest BCUT2D eigenvalue weighted by Crippen LogP contribution is -2.34. The average Bonchev–Trinajstić information content (AvgIpc) is 3.19. The van der Waals surface area contributed by atoms with E-state index in [1.54, 1.807) is 30.7 Å². The maximum atomic E-state index is 12.6. The number of rotatable bonds is 5. The summed E-state index contributed by atoms with van der Waals surface area (Å²) in [7, 11) is 0. The van der Waals surface area contributed by atoms with Crippen LogP contribution in [-0.2, 0) is 6.54 Å². The number of nitrogens with zero attached hydrogens (tertiary/aromatic N) is 4. The first-order valence-corrected chi connectivity index (χ1v) is 10.7. The zero-order valence-electron chi connectivity index (χ0n) is 18.7. The molecule has 8 heteroatoms. The van der Waals surface area contributed by atoms with Crippen LogP contribution >= 0.6 is 0 Å². The molecule has 1 amide bonds. The molecule has 2 atom stereocenters. The van der Waals surface area contributed by atoms with Crippen molar-refractivity contribution in [3.8, 4) is 0 Å². The van der Waals surface area contributed by atoms with Gasteiger partial charge in [-0.1, -0.05) is 32.9 Å². The lowest BCUT2D eigenvalue weighted by molar-refractivity contribution is -0.386. The van der Waals surface area contributed by atoms with Crippen LogP contribution in [0.1, 0.15) is 67.3 Å². The van der Waals surface area contributed by atoms with Crippen molar-refractivity contribution in [1.29, 1.82) is 0 Å². The number of hydrogen-bond acceptors (Lipinski definition) is 5. The van der Waals surface area contributed by atoms with Crippen molar-refractivity contribution in [3.63, 3.8) is 0 Å². The summed E-state index contributed by atoms with van der Waals surface area (Å²) in [5, 5.41) is 20.0. The first-order valence-electron chi connectivity index (χ1n) is 10.7. The summed E-state index contributed by atoms with van der Waals surface area (Å²) in [5.41, 5.74) is 6.52. The molecule has 0 spiro atoms. The molecule has 2 aliphatic carbocycles. The van der Waals surface area contributed by atoms with Gasteiger partial charge in [0.1, 0.15) is 11.4 Å². The predicted molar refractivity (Wildman–Crippen MR) is 118 cm³/mol. The molecule has 8 nitrogen and oxygen atoms in total. The van der Waals surface area contributed by atoms with Crippen molar-refractivity contribution in [2.24, 2.45) is 21.8 Å². The molecule has 1 N–H and O–H groups in total. The largest absolute Gasteiger partial charge is 0.312 e. The number of hydrogen-bond donors (Lipinski definition) is 1. The molecule has 4 rings (SSSR count). The molecule has 0 saturated heterocycles. The van der Waals surface area contributed by atoms with Crippen LogP contribution in [0, 0.1) is 40.7 Å². The van der Waals surface area contributed by atoms with Gasteiger partial charge >= 0.3 is 5.69 Å². The van der Waals surface area contributed by atoms with Gasteiger partial charge in [-0.3, -0.25) is 19.6 Å². The van der Waals surface area contributed by atoms with Crippen LogP contribution in [0.3, 0.4) is 0 Å². The van der Waals surface area contributed by atoms with E-state index in [0.29, 0.717) is 29.4 Å². The quantitative estimate of drug-likeness (QED) is 0.569. The summed E-state index contributed by atoms with van der Waals surface area (Å²) in [4.78, 5) is 23.4. The van der Waals surface area contributed by atoms with E-state index in [-0.39, 0.29) is 22.4 Å². The number of nitrogens with one attached hydrogen (secondary N) is 1. The summed E-state index contributed by atoms with van der Waals surface area (Å²) in [6.07, 6.45) is 3.31. The van der Waals surface area contributed by atoms with Gasteiger partial charge in [-0.05, 0) is 62.1 Å². The zero-order chi connectivity index (χ0) is 22.6. The molecular weight excluding hydrogens is 394 g/mol. The Morgan fingerprint density at radius 1 is 1.29 bits per heavy atom. The zero-order valence-corrected chi connectivity index (χ0v) is 18.7. The summed E-state index contributed by atoms with van der Waals surface area (Å²) in [5.74, 6) is 0.405. The Morgan fingerprint density at radius 2 is 1.97 bits per heavy atom. The molecule has 2 saturated carbocycles. The van der Waals surface area contributed by atoms with Crippen molar-refractivity contribution in [2.45, 2.75) is 60.4 Å². The van der Waals surface area contributed by atoms with Crippen molar-refractivity contribution < 1.29 is 9.72 Å². The minimum absolute atomic E-state index is 0.0487. The van der Waals surface area contributed by atoms with E-state index in [4.69, 9.17) is 0 Å². The topological polar surface area (TPSA) is 102 Å². The molecule has 2 fully saturated rings. The van der Waals surface area contributed by atoms with Gasteiger partial charge in [-0.15, -0.1) is 0 Å². The number of aryl methyl sites for hydroxylation is 1. The van der Waals surface area contributed by atoms with Crippen LogP contribution in [0.25, 0.3) is 0 Å². The fourth-order valence-corrected chi connectivity index (χ4v) is 5.32. The monoisotopic (exact) mass is 423 g/mol. The van der Waals surface area contributed by atoms with Gasteiger partial charge in [0.25, 0.3) is 5.91 Å². The van der Waals surface area contributed by atoms with Crippen LogP contribution in [0.4, 0.5) is 5.69 Å². The first-order chi connectivity index (χ1) is 14.5. The third-order valence-corrected chi connectivity index (χ3v) is 7.88. The van der Waals surface area contributed by atoms with Gasteiger partial charge in [-0.25, -0.2) is 5.43 Å². The number of benzene rings is 1. The van der Waals surface area contributed by atoms with Crippen molar-refractivity contribution in [2.75, 3.05) is 0 Å². The molecular formula is C23H29N5O3. The van der Waals surface area contributed by atoms with E-state index < -0.39 is 4.92 Å². The van der Waals surface area contributed by atoms with Gasteiger partial charge in [-0.2, -0.15) is 10.2 Å². The molecule has 2 bridgehead atoms. The van der Waals surface area contributed by atoms with E-state index in [2.05, 4.69) is 36.4 Å². The van der Waals surface area contributed by atoms with Crippen LogP contribution in [-0.4, -0.2) is 26.3 Å². The van der Waals surface area contributed by atoms with Crippen LogP contribution in [0.15, 0.2) is 29.4 Å². The van der Waals surface area contributed by atoms with E-state index in [1.807, 2.05) is 12.1 Å². The van der Waals surface area contributed by atoms with Gasteiger partial charge in [0, 0.05) is 16.7 Å². The molecule has 0 unspecified atom stereocenters. The molecule has 2 aromatic rings. The minimum atomic E-state index is -0.402. The predicted octanol–water partition coefficient (Wildman–Crippen LogP) is 4.39. The number of fused-ring (bicyclic) bond motifs is 2. The molecule has 1 aromatic carbocycles. The highest BCUT2D eigenvalue weighted by Crippen LogP contribution is 2.63. The van der Waals surface area contributed by atoms with Gasteiger partial charge in [0.2, 0.25) is 0 Å². The van der Waals surface area contributed by atoms with E-state index in [0.717, 1.165) is 24.1 Å². The molecule has 0 aliphatic heterocycles. The first kappa shape index (κ1) is 21.2. The van der Waals surface area contributed by atoms with Crippen molar-refractivity contribution >= 4 is 17.3 Å². The van der Waals surface area contributed by atoms with Crippen LogP contribution in [0.2, 0.25) is 0 Å². The smallest absolute Gasteiger partial charge is 0.267 e. The van der Waals surface area contributed by atoms with Crippen LogP contribution in [0.5, 0.6) is 0 Å². The summed E-state index contributed by atoms with van der Waals surface area (Å²) >= 11 is 0. The number of carbonyl (C=O) groups is 1. The lowest BCUT2D eigenvalue weighted by atomic mass is 9.70. The fraction of sp³-hybridized carbons (Fsp3) is 0.522. The molecule has 0 radical (unpaired) electrons. The van der Waals surface area contributed by atoms with E-state index in [9.17, 15) is 14.9 Å². The summed E-state index contributed by atoms with van der Waals surface area (Å²) in [6.45, 7) is 10.6. The Hall–Kier alpha value is -3.03. The molecule has 2 aliphatic rings. The van der Waals surface area contributed by atoms with E-state index >= 15 is 0 Å². The molecule has 164 valence electrons. The number of nitro groups is 1. The van der Waals surface area contributed by atoms with Gasteiger partial charge in [0.05, 0.1) is 11.5 Å². The Labute approximate surface area is 181 Å². The number of carbonyl (C=O) groups excluding carboxylic acids is 1. The Bertz CT molecular complexity index is 1080. The third-order valence-electron chi connectivity index (χ3n) is 7.88. The number of aromatic nitrogens is 2.